The van der Waals surface area contributed by atoms with E-state index in [4.69, 9.17) is 5.11 Å². The summed E-state index contributed by atoms with van der Waals surface area (Å²) < 4.78 is 1.73. The number of rotatable bonds is 12. The first-order valence-electron chi connectivity index (χ1n) is 7.96. The molecule has 5 heteroatoms. The van der Waals surface area contributed by atoms with E-state index in [-0.39, 0.29) is 36.1 Å². The van der Waals surface area contributed by atoms with Gasteiger partial charge in [0, 0.05) is 48.4 Å². The van der Waals surface area contributed by atoms with Gasteiger partial charge in [-0.05, 0) is 6.42 Å². The molecule has 115 valence electrons. The minimum absolute atomic E-state index is 0. The fourth-order valence-electron chi connectivity index (χ4n) is 2.45. The van der Waals surface area contributed by atoms with Crippen LogP contribution in [-0.4, -0.2) is 50.2 Å². The Balaban J connectivity index is 0.00000400. The molecule has 1 rings (SSSR count). The summed E-state index contributed by atoms with van der Waals surface area (Å²) in [6, 6.07) is 0. The quantitative estimate of drug-likeness (QED) is 0.473. The van der Waals surface area contributed by atoms with Crippen LogP contribution in [0.1, 0.15) is 70.5 Å². The van der Waals surface area contributed by atoms with Crippen molar-refractivity contribution in [2.24, 2.45) is 0 Å². The number of imidazole rings is 1. The number of hydrogen-bond acceptors (Lipinski definition) is 2. The van der Waals surface area contributed by atoms with Crippen molar-refractivity contribution < 1.29 is 9.90 Å². The molecule has 0 saturated heterocycles. The molecule has 4 nitrogen and oxygen atoms in total. The van der Waals surface area contributed by atoms with E-state index < -0.39 is 5.97 Å². The summed E-state index contributed by atoms with van der Waals surface area (Å²) in [4.78, 5) is 14.9. The van der Waals surface area contributed by atoms with Gasteiger partial charge in [0.2, 0.25) is 0 Å². The predicted octanol–water partition coefficient (Wildman–Crippen LogP) is 3.66. The van der Waals surface area contributed by atoms with Gasteiger partial charge >= 0.3 is 5.97 Å². The molecule has 0 fully saturated rings. The summed E-state index contributed by atoms with van der Waals surface area (Å²) >= 11 is 0. The van der Waals surface area contributed by atoms with Crippen LogP contribution in [0.5, 0.6) is 0 Å². The third kappa shape index (κ3) is 10.1. The van der Waals surface area contributed by atoms with Gasteiger partial charge in [-0.25, -0.2) is 4.98 Å². The second-order valence-electron chi connectivity index (χ2n) is 5.44. The zero-order valence-electron chi connectivity index (χ0n) is 13.7. The number of unbranched alkanes of at least 4 members (excludes halogenated alkanes) is 8. The number of carboxylic acid groups (broad SMARTS) is 1. The van der Waals surface area contributed by atoms with Crippen molar-refractivity contribution in [2.45, 2.75) is 77.7 Å². The molecule has 0 aliphatic rings. The van der Waals surface area contributed by atoms with Crippen molar-refractivity contribution in [3.05, 3.63) is 18.2 Å². The molecule has 0 unspecified atom stereocenters. The predicted molar refractivity (Wildman–Crippen MR) is 86.5 cm³/mol. The summed E-state index contributed by atoms with van der Waals surface area (Å²) in [5.74, 6) is 0.0895. The van der Waals surface area contributed by atoms with Gasteiger partial charge < -0.3 is 9.67 Å². The number of aromatic nitrogens is 2. The second-order valence-corrected chi connectivity index (χ2v) is 5.44. The van der Waals surface area contributed by atoms with Gasteiger partial charge in [-0.2, -0.15) is 0 Å². The Morgan fingerprint density at radius 3 is 2.24 bits per heavy atom. The van der Waals surface area contributed by atoms with Crippen molar-refractivity contribution in [2.75, 3.05) is 0 Å². The number of carbonyl (C=O) groups is 1. The van der Waals surface area contributed by atoms with Crippen LogP contribution in [0.3, 0.4) is 0 Å². The molecule has 0 aromatic carbocycles. The Bertz CT molecular complexity index is 380. The Hall–Kier alpha value is -0.320. The molecule has 1 radical (unpaired) electrons. The van der Waals surface area contributed by atoms with Gasteiger partial charge in [0.25, 0.3) is 0 Å². The summed E-state index contributed by atoms with van der Waals surface area (Å²) in [5.41, 5.74) is 0. The first-order chi connectivity index (χ1) is 9.74. The average Bonchev–Trinajstić information content (AvgIpc) is 2.83. The Labute approximate surface area is 150 Å². The Morgan fingerprint density at radius 1 is 1.10 bits per heavy atom. The second kappa shape index (κ2) is 13.4. The van der Waals surface area contributed by atoms with Gasteiger partial charge in [0.15, 0.2) is 0 Å². The number of aryl methyl sites for hydroxylation is 1. The number of nitrogens with zero attached hydrogens (tertiary/aromatic N) is 2. The molecular weight excluding hydrogens is 275 g/mol. The van der Waals surface area contributed by atoms with E-state index in [0.717, 1.165) is 18.7 Å². The smallest absolute Gasteiger partial charge is 0.323 e. The molecule has 0 bridgehead atoms. The van der Waals surface area contributed by atoms with Gasteiger partial charge in [-0.1, -0.05) is 58.3 Å². The molecule has 0 aliphatic carbocycles. The van der Waals surface area contributed by atoms with Gasteiger partial charge in [-0.3, -0.25) is 4.79 Å². The monoisotopic (exact) mass is 303 g/mol. The van der Waals surface area contributed by atoms with E-state index in [2.05, 4.69) is 11.9 Å². The van der Waals surface area contributed by atoms with Gasteiger partial charge in [-0.15, -0.1) is 0 Å². The molecule has 1 aromatic heterocycles. The minimum Gasteiger partial charge on any atom is -0.480 e. The van der Waals surface area contributed by atoms with Gasteiger partial charge in [0.05, 0.1) is 0 Å². The summed E-state index contributed by atoms with van der Waals surface area (Å²) in [6.07, 6.45) is 16.0. The van der Waals surface area contributed by atoms with Crippen LogP contribution in [0.25, 0.3) is 0 Å². The summed E-state index contributed by atoms with van der Waals surface area (Å²) in [5, 5.41) is 8.79. The fraction of sp³-hybridized carbons (Fsp3) is 0.750. The van der Waals surface area contributed by atoms with E-state index in [1.54, 1.807) is 17.0 Å². The van der Waals surface area contributed by atoms with E-state index in [1.807, 2.05) is 0 Å². The summed E-state index contributed by atoms with van der Waals surface area (Å²) in [6.45, 7) is 2.26. The molecule has 0 spiro atoms. The van der Waals surface area contributed by atoms with E-state index in [0.29, 0.717) is 0 Å². The van der Waals surface area contributed by atoms with Crippen molar-refractivity contribution >= 4 is 35.5 Å². The van der Waals surface area contributed by atoms with Crippen LogP contribution in [0.15, 0.2) is 12.4 Å². The molecule has 0 aliphatic heterocycles. The molecular formula is C16H28N2NaO2. The van der Waals surface area contributed by atoms with Gasteiger partial charge in [0.1, 0.15) is 12.4 Å². The van der Waals surface area contributed by atoms with Crippen LogP contribution in [0, 0.1) is 0 Å². The van der Waals surface area contributed by atoms with Crippen molar-refractivity contribution in [3.8, 4) is 0 Å². The Kier molecular flexibility index (Phi) is 13.1. The fourth-order valence-corrected chi connectivity index (χ4v) is 2.45. The third-order valence-electron chi connectivity index (χ3n) is 3.61. The van der Waals surface area contributed by atoms with Crippen LogP contribution in [-0.2, 0) is 17.8 Å². The van der Waals surface area contributed by atoms with Crippen LogP contribution in [0.2, 0.25) is 0 Å². The summed E-state index contributed by atoms with van der Waals surface area (Å²) in [7, 11) is 0. The molecule has 1 heterocycles. The maximum Gasteiger partial charge on any atom is 0.323 e. The molecule has 0 saturated carbocycles. The van der Waals surface area contributed by atoms with Crippen LogP contribution >= 0.6 is 0 Å². The maximum absolute atomic E-state index is 10.7. The first-order valence-corrected chi connectivity index (χ1v) is 7.96. The molecule has 0 atom stereocenters. The molecule has 1 N–H and O–H groups in total. The SMILES string of the molecule is CCCCCCCCCCCc1nccn1CC(=O)O.[Na]. The third-order valence-corrected chi connectivity index (χ3v) is 3.61. The zero-order chi connectivity index (χ0) is 14.6. The van der Waals surface area contributed by atoms with E-state index in [9.17, 15) is 4.79 Å². The normalized spacial score (nSPS) is 10.3. The van der Waals surface area contributed by atoms with Crippen molar-refractivity contribution in [1.82, 2.24) is 9.55 Å². The van der Waals surface area contributed by atoms with Crippen LogP contribution < -0.4 is 0 Å². The van der Waals surface area contributed by atoms with Crippen LogP contribution in [0.4, 0.5) is 0 Å². The number of carboxylic acids is 1. The van der Waals surface area contributed by atoms with Crippen molar-refractivity contribution in [3.63, 3.8) is 0 Å². The molecule has 0 amide bonds. The zero-order valence-corrected chi connectivity index (χ0v) is 15.7. The average molecular weight is 303 g/mol. The first kappa shape index (κ1) is 20.7. The minimum atomic E-state index is -0.809. The van der Waals surface area contributed by atoms with Crippen molar-refractivity contribution in [1.29, 1.82) is 0 Å². The maximum atomic E-state index is 10.7. The number of aliphatic carboxylic acids is 1. The van der Waals surface area contributed by atoms with E-state index in [1.165, 1.54) is 51.4 Å². The topological polar surface area (TPSA) is 55.1 Å². The van der Waals surface area contributed by atoms with E-state index >= 15 is 0 Å². The number of hydrogen-bond donors (Lipinski definition) is 1. The Morgan fingerprint density at radius 2 is 1.67 bits per heavy atom. The largest absolute Gasteiger partial charge is 0.480 e. The standard InChI is InChI=1S/C16H28N2O2.Na/c1-2-3-4-5-6-7-8-9-10-11-15-17-12-13-18(15)14-16(19)20;/h12-13H,2-11,14H2,1H3,(H,19,20);. The molecule has 21 heavy (non-hydrogen) atoms. The molecule has 1 aromatic rings.